The summed E-state index contributed by atoms with van der Waals surface area (Å²) in [7, 11) is 1.47. The van der Waals surface area contributed by atoms with Crippen LogP contribution in [-0.2, 0) is 9.59 Å². The first-order chi connectivity index (χ1) is 16.4. The number of fused-ring (bicyclic) bond motifs is 1. The van der Waals surface area contributed by atoms with Crippen LogP contribution in [0.5, 0.6) is 5.75 Å². The summed E-state index contributed by atoms with van der Waals surface area (Å²) >= 11 is 6.15. The minimum Gasteiger partial charge on any atom is -0.507 e. The number of aliphatic hydroxyl groups excluding tert-OH is 1. The van der Waals surface area contributed by atoms with Gasteiger partial charge in [-0.25, -0.2) is 0 Å². The molecule has 0 radical (unpaired) electrons. The molecule has 1 atom stereocenters. The monoisotopic (exact) mass is 472 g/mol. The van der Waals surface area contributed by atoms with Crippen molar-refractivity contribution in [2.75, 3.05) is 12.0 Å². The van der Waals surface area contributed by atoms with Crippen molar-refractivity contribution in [3.63, 3.8) is 0 Å². The summed E-state index contributed by atoms with van der Waals surface area (Å²) in [5.74, 6) is -1.41. The molecule has 0 spiro atoms. The second-order valence-corrected chi connectivity index (χ2v) is 8.55. The molecule has 0 saturated carbocycles. The summed E-state index contributed by atoms with van der Waals surface area (Å²) in [6.45, 7) is 1.95. The van der Waals surface area contributed by atoms with E-state index in [0.717, 1.165) is 16.5 Å². The molecule has 1 amide bonds. The fraction of sp³-hybridized carbons (Fsp3) is 0.111. The van der Waals surface area contributed by atoms with Gasteiger partial charge >= 0.3 is 0 Å². The number of carbonyl (C=O) groups excluding carboxylic acids is 2. The number of H-pyrrole nitrogens is 1. The Morgan fingerprint density at radius 2 is 1.79 bits per heavy atom. The lowest BCUT2D eigenvalue weighted by Gasteiger charge is -2.25. The van der Waals surface area contributed by atoms with E-state index in [9.17, 15) is 14.7 Å². The third-order valence-electron chi connectivity index (χ3n) is 6.10. The number of nitrogens with zero attached hydrogens (tertiary/aromatic N) is 1. The van der Waals surface area contributed by atoms with Crippen molar-refractivity contribution in [3.05, 3.63) is 100 Å². The van der Waals surface area contributed by atoms with Crippen LogP contribution in [0.3, 0.4) is 0 Å². The number of methoxy groups -OCH3 is 1. The highest BCUT2D eigenvalue weighted by Crippen LogP contribution is 2.44. The van der Waals surface area contributed by atoms with E-state index in [0.29, 0.717) is 27.6 Å². The molecule has 2 N–H and O–H groups in total. The Bertz CT molecular complexity index is 1470. The van der Waals surface area contributed by atoms with Crippen LogP contribution in [0.25, 0.3) is 16.7 Å². The highest BCUT2D eigenvalue weighted by molar-refractivity contribution is 6.52. The van der Waals surface area contributed by atoms with Crippen LogP contribution in [0.15, 0.2) is 78.5 Å². The molecular formula is C27H21ClN2O4. The highest BCUT2D eigenvalue weighted by atomic mass is 35.5. The number of anilines is 1. The van der Waals surface area contributed by atoms with Crippen LogP contribution in [0, 0.1) is 6.92 Å². The zero-order chi connectivity index (χ0) is 24.0. The SMILES string of the molecule is COc1cc(/C(O)=C2\C(=O)C(=O)N(c3ccc(C)cc3)C2c2c[nH]c3ccccc23)ccc1Cl. The molecule has 5 rings (SSSR count). The molecule has 0 aliphatic carbocycles. The average Bonchev–Trinajstić information content (AvgIpc) is 3.38. The number of aliphatic hydroxyl groups is 1. The standard InChI is InChI=1S/C27H21ClN2O4/c1-15-7-10-17(11-8-15)30-24(19-14-29-21-6-4-3-5-18(19)21)23(26(32)27(30)33)25(31)16-9-12-20(28)22(13-16)34-2/h3-14,24,29,31H,1-2H3/b25-23+. The van der Waals surface area contributed by atoms with Gasteiger partial charge in [0, 0.05) is 33.9 Å². The van der Waals surface area contributed by atoms with Gasteiger partial charge in [-0.15, -0.1) is 0 Å². The lowest BCUT2D eigenvalue weighted by molar-refractivity contribution is -0.132. The Kier molecular flexibility index (Phi) is 5.38. The highest BCUT2D eigenvalue weighted by Gasteiger charge is 2.47. The van der Waals surface area contributed by atoms with Crippen molar-refractivity contribution >= 4 is 45.6 Å². The Morgan fingerprint density at radius 1 is 1.06 bits per heavy atom. The van der Waals surface area contributed by atoms with Crippen LogP contribution in [-0.4, -0.2) is 28.9 Å². The smallest absolute Gasteiger partial charge is 0.300 e. The molecule has 3 aromatic carbocycles. The zero-order valence-corrected chi connectivity index (χ0v) is 19.3. The van der Waals surface area contributed by atoms with E-state index in [4.69, 9.17) is 16.3 Å². The maximum atomic E-state index is 13.4. The van der Waals surface area contributed by atoms with Crippen molar-refractivity contribution < 1.29 is 19.4 Å². The fourth-order valence-electron chi connectivity index (χ4n) is 4.38. The van der Waals surface area contributed by atoms with E-state index >= 15 is 0 Å². The number of aromatic amines is 1. The molecule has 1 aliphatic heterocycles. The van der Waals surface area contributed by atoms with Gasteiger partial charge in [0.2, 0.25) is 0 Å². The quantitative estimate of drug-likeness (QED) is 0.224. The molecular weight excluding hydrogens is 452 g/mol. The number of benzene rings is 3. The molecule has 34 heavy (non-hydrogen) atoms. The van der Waals surface area contributed by atoms with Crippen LogP contribution in [0.4, 0.5) is 5.69 Å². The molecule has 1 aromatic heterocycles. The Morgan fingerprint density at radius 3 is 2.53 bits per heavy atom. The van der Waals surface area contributed by atoms with Crippen molar-refractivity contribution in [1.29, 1.82) is 0 Å². The molecule has 1 unspecified atom stereocenters. The molecule has 170 valence electrons. The number of ether oxygens (including phenoxy) is 1. The van der Waals surface area contributed by atoms with E-state index in [2.05, 4.69) is 4.98 Å². The zero-order valence-electron chi connectivity index (χ0n) is 18.5. The van der Waals surface area contributed by atoms with Crippen LogP contribution >= 0.6 is 11.6 Å². The van der Waals surface area contributed by atoms with E-state index in [1.807, 2.05) is 43.3 Å². The number of amides is 1. The van der Waals surface area contributed by atoms with E-state index in [1.54, 1.807) is 36.5 Å². The summed E-state index contributed by atoms with van der Waals surface area (Å²) in [6.07, 6.45) is 1.78. The van der Waals surface area contributed by atoms with E-state index < -0.39 is 17.7 Å². The second-order valence-electron chi connectivity index (χ2n) is 8.14. The molecule has 6 nitrogen and oxygen atoms in total. The maximum absolute atomic E-state index is 13.4. The van der Waals surface area contributed by atoms with Crippen LogP contribution in [0.2, 0.25) is 5.02 Å². The first-order valence-corrected chi connectivity index (χ1v) is 11.1. The molecule has 7 heteroatoms. The molecule has 1 aliphatic rings. The predicted molar refractivity (Wildman–Crippen MR) is 132 cm³/mol. The number of rotatable bonds is 4. The predicted octanol–water partition coefficient (Wildman–Crippen LogP) is 5.76. The Hall–Kier alpha value is -4.03. The Labute approximate surface area is 201 Å². The lowest BCUT2D eigenvalue weighted by atomic mass is 9.94. The Balaban J connectivity index is 1.77. The topological polar surface area (TPSA) is 82.6 Å². The van der Waals surface area contributed by atoms with Gasteiger partial charge in [0.1, 0.15) is 11.5 Å². The van der Waals surface area contributed by atoms with Crippen LogP contribution < -0.4 is 9.64 Å². The number of hydrogen-bond acceptors (Lipinski definition) is 4. The lowest BCUT2D eigenvalue weighted by Crippen LogP contribution is -2.29. The van der Waals surface area contributed by atoms with E-state index in [1.165, 1.54) is 12.0 Å². The van der Waals surface area contributed by atoms with Gasteiger partial charge < -0.3 is 14.8 Å². The fourth-order valence-corrected chi connectivity index (χ4v) is 4.58. The van der Waals surface area contributed by atoms with Gasteiger partial charge in [-0.05, 0) is 43.3 Å². The summed E-state index contributed by atoms with van der Waals surface area (Å²) in [6, 6.07) is 18.9. The number of carbonyl (C=O) groups is 2. The third-order valence-corrected chi connectivity index (χ3v) is 6.41. The van der Waals surface area contributed by atoms with E-state index in [-0.39, 0.29) is 11.3 Å². The minimum absolute atomic E-state index is 0.000274. The van der Waals surface area contributed by atoms with Crippen molar-refractivity contribution in [2.45, 2.75) is 13.0 Å². The number of hydrogen-bond donors (Lipinski definition) is 2. The average molecular weight is 473 g/mol. The molecule has 1 fully saturated rings. The molecule has 2 heterocycles. The van der Waals surface area contributed by atoms with Gasteiger partial charge in [-0.1, -0.05) is 47.5 Å². The number of aryl methyl sites for hydroxylation is 1. The third kappa shape index (κ3) is 3.43. The number of Topliss-reactive ketones (excluding diaryl/α,β-unsaturated/α-hetero) is 1. The van der Waals surface area contributed by atoms with Crippen molar-refractivity contribution in [2.24, 2.45) is 0 Å². The second kappa shape index (κ2) is 8.39. The molecule has 4 aromatic rings. The van der Waals surface area contributed by atoms with Gasteiger partial charge in [-0.2, -0.15) is 0 Å². The molecule has 0 bridgehead atoms. The maximum Gasteiger partial charge on any atom is 0.300 e. The number of para-hydroxylation sites is 1. The van der Waals surface area contributed by atoms with Crippen molar-refractivity contribution in [3.8, 4) is 5.75 Å². The number of aromatic nitrogens is 1. The van der Waals surface area contributed by atoms with Gasteiger partial charge in [0.15, 0.2) is 0 Å². The molecule has 1 saturated heterocycles. The first kappa shape index (κ1) is 21.8. The number of ketones is 1. The summed E-state index contributed by atoms with van der Waals surface area (Å²) < 4.78 is 5.27. The summed E-state index contributed by atoms with van der Waals surface area (Å²) in [5.41, 5.74) is 3.48. The van der Waals surface area contributed by atoms with Gasteiger partial charge in [0.05, 0.1) is 23.7 Å². The minimum atomic E-state index is -0.833. The normalized spacial score (nSPS) is 17.5. The number of nitrogens with one attached hydrogen (secondary N) is 1. The van der Waals surface area contributed by atoms with Crippen molar-refractivity contribution in [1.82, 2.24) is 4.98 Å². The summed E-state index contributed by atoms with van der Waals surface area (Å²) in [4.78, 5) is 31.3. The van der Waals surface area contributed by atoms with Gasteiger partial charge in [0.25, 0.3) is 11.7 Å². The largest absolute Gasteiger partial charge is 0.507 e. The summed E-state index contributed by atoms with van der Waals surface area (Å²) in [5, 5.41) is 12.6. The number of halogens is 1. The first-order valence-electron chi connectivity index (χ1n) is 10.7. The van der Waals surface area contributed by atoms with Gasteiger partial charge in [-0.3, -0.25) is 14.5 Å². The van der Waals surface area contributed by atoms with Crippen LogP contribution in [0.1, 0.15) is 22.7 Å².